The Hall–Kier alpha value is -0.870. The van der Waals surface area contributed by atoms with Gasteiger partial charge in [-0.3, -0.25) is 4.79 Å². The number of fused-ring (bicyclic) bond motifs is 1. The van der Waals surface area contributed by atoms with Gasteiger partial charge in [-0.15, -0.1) is 0 Å². The Morgan fingerprint density at radius 3 is 2.56 bits per heavy atom. The quantitative estimate of drug-likeness (QED) is 0.861. The molecule has 1 amide bonds. The van der Waals surface area contributed by atoms with Crippen LogP contribution in [0, 0.1) is 18.8 Å². The molecule has 3 rings (SSSR count). The van der Waals surface area contributed by atoms with Crippen molar-refractivity contribution in [3.63, 3.8) is 0 Å². The highest BCUT2D eigenvalue weighted by Crippen LogP contribution is 2.28. The molecule has 2 aliphatic heterocycles. The predicted octanol–water partition coefficient (Wildman–Crippen LogP) is 2.05. The maximum atomic E-state index is 12.5. The van der Waals surface area contributed by atoms with Crippen molar-refractivity contribution in [3.05, 3.63) is 33.8 Å². The van der Waals surface area contributed by atoms with Crippen LogP contribution < -0.4 is 5.32 Å². The summed E-state index contributed by atoms with van der Waals surface area (Å²) in [7, 11) is 0. The van der Waals surface area contributed by atoms with Crippen molar-refractivity contribution in [1.29, 1.82) is 0 Å². The van der Waals surface area contributed by atoms with Gasteiger partial charge in [-0.05, 0) is 42.5 Å². The van der Waals surface area contributed by atoms with Crippen LogP contribution in [0.3, 0.4) is 0 Å². The molecule has 0 bridgehead atoms. The van der Waals surface area contributed by atoms with Crippen LogP contribution >= 0.6 is 15.9 Å². The van der Waals surface area contributed by atoms with E-state index in [-0.39, 0.29) is 5.91 Å². The van der Waals surface area contributed by atoms with Crippen LogP contribution in [0.1, 0.15) is 15.9 Å². The van der Waals surface area contributed by atoms with Gasteiger partial charge in [-0.1, -0.05) is 15.9 Å². The normalized spacial score (nSPS) is 26.4. The maximum Gasteiger partial charge on any atom is 0.253 e. The Labute approximate surface area is 116 Å². The summed E-state index contributed by atoms with van der Waals surface area (Å²) in [6.45, 7) is 5.95. The fourth-order valence-electron chi connectivity index (χ4n) is 3.06. The molecule has 1 aromatic carbocycles. The molecular weight excluding hydrogens is 292 g/mol. The number of aryl methyl sites for hydroxylation is 1. The summed E-state index contributed by atoms with van der Waals surface area (Å²) in [5, 5.41) is 3.40. The summed E-state index contributed by atoms with van der Waals surface area (Å²) in [6, 6.07) is 5.92. The topological polar surface area (TPSA) is 32.3 Å². The molecule has 1 N–H and O–H groups in total. The molecule has 0 spiro atoms. The lowest BCUT2D eigenvalue weighted by atomic mass is 10.0. The number of benzene rings is 1. The number of nitrogens with zero attached hydrogens (tertiary/aromatic N) is 1. The summed E-state index contributed by atoms with van der Waals surface area (Å²) < 4.78 is 0.979. The summed E-state index contributed by atoms with van der Waals surface area (Å²) in [6.07, 6.45) is 0. The number of hydrogen-bond donors (Lipinski definition) is 1. The zero-order chi connectivity index (χ0) is 12.7. The average molecular weight is 309 g/mol. The summed E-state index contributed by atoms with van der Waals surface area (Å²) in [5.41, 5.74) is 1.92. The van der Waals surface area contributed by atoms with Gasteiger partial charge in [0.15, 0.2) is 0 Å². The highest BCUT2D eigenvalue weighted by Gasteiger charge is 2.38. The number of rotatable bonds is 1. The van der Waals surface area contributed by atoms with E-state index in [2.05, 4.69) is 21.2 Å². The van der Waals surface area contributed by atoms with Crippen molar-refractivity contribution >= 4 is 21.8 Å². The Kier molecular flexibility index (Phi) is 3.16. The molecule has 1 aromatic rings. The van der Waals surface area contributed by atoms with E-state index < -0.39 is 0 Å². The van der Waals surface area contributed by atoms with Gasteiger partial charge in [0.2, 0.25) is 0 Å². The van der Waals surface area contributed by atoms with Crippen molar-refractivity contribution < 1.29 is 4.79 Å². The van der Waals surface area contributed by atoms with Crippen molar-refractivity contribution in [2.24, 2.45) is 11.8 Å². The van der Waals surface area contributed by atoms with Gasteiger partial charge in [-0.25, -0.2) is 0 Å². The SMILES string of the molecule is Cc1cc(Br)cc(C(=O)N2C[C@H]3CNC[C@H]3C2)c1. The van der Waals surface area contributed by atoms with Gasteiger partial charge in [0.25, 0.3) is 5.91 Å². The summed E-state index contributed by atoms with van der Waals surface area (Å²) >= 11 is 3.46. The largest absolute Gasteiger partial charge is 0.338 e. The van der Waals surface area contributed by atoms with Crippen LogP contribution in [0.25, 0.3) is 0 Å². The van der Waals surface area contributed by atoms with E-state index in [4.69, 9.17) is 0 Å². The second-order valence-electron chi connectivity index (χ2n) is 5.41. The van der Waals surface area contributed by atoms with Crippen molar-refractivity contribution in [1.82, 2.24) is 10.2 Å². The molecule has 0 aromatic heterocycles. The first-order valence-electron chi connectivity index (χ1n) is 6.40. The van der Waals surface area contributed by atoms with E-state index >= 15 is 0 Å². The fourth-order valence-corrected chi connectivity index (χ4v) is 3.67. The number of halogens is 1. The van der Waals surface area contributed by atoms with Crippen LogP contribution in [0.5, 0.6) is 0 Å². The molecule has 3 nitrogen and oxygen atoms in total. The minimum atomic E-state index is 0.175. The molecule has 0 saturated carbocycles. The lowest BCUT2D eigenvalue weighted by molar-refractivity contribution is 0.0781. The Morgan fingerprint density at radius 1 is 1.28 bits per heavy atom. The molecule has 0 unspecified atom stereocenters. The van der Waals surface area contributed by atoms with E-state index in [0.717, 1.165) is 41.8 Å². The van der Waals surface area contributed by atoms with Gasteiger partial charge in [-0.2, -0.15) is 0 Å². The minimum absolute atomic E-state index is 0.175. The lowest BCUT2D eigenvalue weighted by Gasteiger charge is -2.18. The first kappa shape index (κ1) is 12.2. The first-order valence-corrected chi connectivity index (χ1v) is 7.20. The van der Waals surface area contributed by atoms with E-state index in [1.54, 1.807) is 0 Å². The molecule has 18 heavy (non-hydrogen) atoms. The van der Waals surface area contributed by atoms with E-state index in [0.29, 0.717) is 11.8 Å². The van der Waals surface area contributed by atoms with Gasteiger partial charge < -0.3 is 10.2 Å². The molecule has 2 aliphatic rings. The van der Waals surface area contributed by atoms with Gasteiger partial charge >= 0.3 is 0 Å². The first-order chi connectivity index (χ1) is 8.63. The van der Waals surface area contributed by atoms with Crippen molar-refractivity contribution in [2.45, 2.75) is 6.92 Å². The number of carbonyl (C=O) groups is 1. The predicted molar refractivity (Wildman–Crippen MR) is 74.6 cm³/mol. The zero-order valence-corrected chi connectivity index (χ0v) is 12.0. The smallest absolute Gasteiger partial charge is 0.253 e. The number of nitrogens with one attached hydrogen (secondary N) is 1. The molecule has 2 saturated heterocycles. The van der Waals surface area contributed by atoms with E-state index in [1.807, 2.05) is 30.0 Å². The molecule has 96 valence electrons. The van der Waals surface area contributed by atoms with Crippen molar-refractivity contribution in [2.75, 3.05) is 26.2 Å². The number of likely N-dealkylation sites (tertiary alicyclic amines) is 1. The Bertz CT molecular complexity index is 456. The summed E-state index contributed by atoms with van der Waals surface area (Å²) in [4.78, 5) is 14.5. The van der Waals surface area contributed by atoms with Crippen LogP contribution in [-0.4, -0.2) is 37.0 Å². The molecule has 2 atom stereocenters. The van der Waals surface area contributed by atoms with Crippen LogP contribution in [0.2, 0.25) is 0 Å². The standard InChI is InChI=1S/C14H17BrN2O/c1-9-2-10(4-13(15)3-9)14(18)17-7-11-5-16-6-12(11)8-17/h2-4,11-12,16H,5-8H2,1H3/t11-,12+. The highest BCUT2D eigenvalue weighted by atomic mass is 79.9. The van der Waals surface area contributed by atoms with E-state index in [1.165, 1.54) is 0 Å². The number of hydrogen-bond acceptors (Lipinski definition) is 2. The van der Waals surface area contributed by atoms with E-state index in [9.17, 15) is 4.79 Å². The number of amides is 1. The van der Waals surface area contributed by atoms with Crippen LogP contribution in [-0.2, 0) is 0 Å². The molecule has 2 fully saturated rings. The average Bonchev–Trinajstić information content (AvgIpc) is 2.86. The molecule has 0 aliphatic carbocycles. The second-order valence-corrected chi connectivity index (χ2v) is 6.32. The third-order valence-electron chi connectivity index (χ3n) is 3.97. The molecular formula is C14H17BrN2O. The zero-order valence-electron chi connectivity index (χ0n) is 10.4. The number of carbonyl (C=O) groups excluding carboxylic acids is 1. The minimum Gasteiger partial charge on any atom is -0.338 e. The fraction of sp³-hybridized carbons (Fsp3) is 0.500. The van der Waals surface area contributed by atoms with Gasteiger partial charge in [0, 0.05) is 36.2 Å². The molecule has 0 radical (unpaired) electrons. The monoisotopic (exact) mass is 308 g/mol. The maximum absolute atomic E-state index is 12.5. The van der Waals surface area contributed by atoms with Crippen LogP contribution in [0.15, 0.2) is 22.7 Å². The van der Waals surface area contributed by atoms with Crippen LogP contribution in [0.4, 0.5) is 0 Å². The molecule has 2 heterocycles. The van der Waals surface area contributed by atoms with Crippen molar-refractivity contribution in [3.8, 4) is 0 Å². The molecule has 4 heteroatoms. The third-order valence-corrected chi connectivity index (χ3v) is 4.42. The Morgan fingerprint density at radius 2 is 1.94 bits per heavy atom. The second kappa shape index (κ2) is 4.67. The van der Waals surface area contributed by atoms with Gasteiger partial charge in [0.05, 0.1) is 0 Å². The van der Waals surface area contributed by atoms with Gasteiger partial charge in [0.1, 0.15) is 0 Å². The summed E-state index contributed by atoms with van der Waals surface area (Å²) in [5.74, 6) is 1.48. The Balaban J connectivity index is 1.78. The highest BCUT2D eigenvalue weighted by molar-refractivity contribution is 9.10. The third kappa shape index (κ3) is 2.19. The lowest BCUT2D eigenvalue weighted by Crippen LogP contribution is -2.31.